The van der Waals surface area contributed by atoms with E-state index in [-0.39, 0.29) is 0 Å². The van der Waals surface area contributed by atoms with Gasteiger partial charge in [-0.1, -0.05) is 28.1 Å². The molecule has 3 nitrogen and oxygen atoms in total. The van der Waals surface area contributed by atoms with Gasteiger partial charge in [-0.3, -0.25) is 0 Å². The minimum Gasteiger partial charge on any atom is -0.459 e. The molecule has 0 spiro atoms. The monoisotopic (exact) mass is 342 g/mol. The van der Waals surface area contributed by atoms with E-state index in [4.69, 9.17) is 4.74 Å². The van der Waals surface area contributed by atoms with E-state index >= 15 is 0 Å². The number of rotatable bonds is 3. The molecule has 0 aliphatic carbocycles. The topological polar surface area (TPSA) is 35.0 Å². The molecule has 1 aromatic carbocycles. The number of benzene rings is 1. The van der Waals surface area contributed by atoms with Gasteiger partial charge in [-0.05, 0) is 33.6 Å². The van der Waals surface area contributed by atoms with Crippen LogP contribution in [0.1, 0.15) is 5.56 Å². The van der Waals surface area contributed by atoms with Gasteiger partial charge in [0.1, 0.15) is 6.61 Å². The van der Waals surface area contributed by atoms with Crippen molar-refractivity contribution in [3.8, 4) is 6.01 Å². The number of nitrogens with zero attached hydrogens (tertiary/aromatic N) is 2. The van der Waals surface area contributed by atoms with E-state index in [2.05, 4.69) is 41.8 Å². The van der Waals surface area contributed by atoms with Crippen LogP contribution < -0.4 is 4.74 Å². The maximum atomic E-state index is 5.44. The van der Waals surface area contributed by atoms with Gasteiger partial charge in [0, 0.05) is 16.9 Å². The first kappa shape index (κ1) is 11.5. The van der Waals surface area contributed by atoms with Crippen LogP contribution in [0.4, 0.5) is 0 Å². The van der Waals surface area contributed by atoms with Gasteiger partial charge in [-0.25, -0.2) is 9.97 Å². The maximum Gasteiger partial charge on any atom is 0.316 e. The lowest BCUT2D eigenvalue weighted by molar-refractivity contribution is 0.280. The Morgan fingerprint density at radius 1 is 1.06 bits per heavy atom. The lowest BCUT2D eigenvalue weighted by Crippen LogP contribution is -1.98. The summed E-state index contributed by atoms with van der Waals surface area (Å²) in [5.74, 6) is 0. The summed E-state index contributed by atoms with van der Waals surface area (Å²) in [4.78, 5) is 8.05. The number of hydrogen-bond acceptors (Lipinski definition) is 3. The predicted molar refractivity (Wildman–Crippen MR) is 68.2 cm³/mol. The van der Waals surface area contributed by atoms with Crippen LogP contribution in [0, 0.1) is 0 Å². The van der Waals surface area contributed by atoms with Crippen LogP contribution in [0.3, 0.4) is 0 Å². The van der Waals surface area contributed by atoms with Crippen LogP contribution in [0.25, 0.3) is 0 Å². The molecule has 1 aromatic heterocycles. The third-order valence-electron chi connectivity index (χ3n) is 1.85. The number of aromatic nitrogens is 2. The number of hydrogen-bond donors (Lipinski definition) is 0. The molecule has 0 bridgehead atoms. The fourth-order valence-corrected chi connectivity index (χ4v) is 1.80. The van der Waals surface area contributed by atoms with Crippen molar-refractivity contribution in [1.82, 2.24) is 9.97 Å². The maximum absolute atomic E-state index is 5.44. The van der Waals surface area contributed by atoms with E-state index in [1.165, 1.54) is 0 Å². The Morgan fingerprint density at radius 3 is 2.50 bits per heavy atom. The summed E-state index contributed by atoms with van der Waals surface area (Å²) in [7, 11) is 0. The molecule has 0 saturated heterocycles. The molecular weight excluding hydrogens is 336 g/mol. The molecule has 0 aliphatic heterocycles. The molecule has 0 unspecified atom stereocenters. The Morgan fingerprint density at radius 2 is 1.81 bits per heavy atom. The van der Waals surface area contributed by atoms with E-state index in [1.54, 1.807) is 12.4 Å². The van der Waals surface area contributed by atoms with Crippen molar-refractivity contribution in [1.29, 1.82) is 0 Å². The van der Waals surface area contributed by atoms with Crippen LogP contribution in [0.15, 0.2) is 45.6 Å². The summed E-state index contributed by atoms with van der Waals surface area (Å²) in [6.45, 7) is 0.459. The lowest BCUT2D eigenvalue weighted by atomic mass is 10.2. The third-order valence-corrected chi connectivity index (χ3v) is 2.76. The van der Waals surface area contributed by atoms with Gasteiger partial charge < -0.3 is 4.74 Å². The molecular formula is C11H8Br2N2O. The fraction of sp³-hybridized carbons (Fsp3) is 0.0909. The van der Waals surface area contributed by atoms with Crippen LogP contribution in [-0.2, 0) is 6.61 Å². The Bertz CT molecular complexity index is 474. The first-order valence-electron chi connectivity index (χ1n) is 4.59. The van der Waals surface area contributed by atoms with Gasteiger partial charge in [0.2, 0.25) is 0 Å². The van der Waals surface area contributed by atoms with Gasteiger partial charge in [-0.2, -0.15) is 0 Å². The number of halogens is 2. The minimum absolute atomic E-state index is 0.378. The summed E-state index contributed by atoms with van der Waals surface area (Å²) in [5, 5.41) is 0. The van der Waals surface area contributed by atoms with Crippen molar-refractivity contribution in [2.24, 2.45) is 0 Å². The molecule has 0 aliphatic rings. The Balaban J connectivity index is 1.99. The quantitative estimate of drug-likeness (QED) is 0.854. The predicted octanol–water partition coefficient (Wildman–Crippen LogP) is 3.58. The molecule has 5 heteroatoms. The van der Waals surface area contributed by atoms with E-state index in [9.17, 15) is 0 Å². The Labute approximate surface area is 110 Å². The second-order valence-electron chi connectivity index (χ2n) is 3.10. The second kappa shape index (κ2) is 5.41. The van der Waals surface area contributed by atoms with Gasteiger partial charge in [0.05, 0.1) is 4.47 Å². The molecule has 0 fully saturated rings. The van der Waals surface area contributed by atoms with E-state index in [1.807, 2.05) is 24.3 Å². The normalized spacial score (nSPS) is 10.1. The molecule has 82 valence electrons. The van der Waals surface area contributed by atoms with E-state index in [0.29, 0.717) is 12.6 Å². The third kappa shape index (κ3) is 3.28. The van der Waals surface area contributed by atoms with Gasteiger partial charge in [0.25, 0.3) is 0 Å². The summed E-state index contributed by atoms with van der Waals surface area (Å²) < 4.78 is 7.31. The van der Waals surface area contributed by atoms with E-state index in [0.717, 1.165) is 14.5 Å². The zero-order valence-electron chi connectivity index (χ0n) is 8.23. The van der Waals surface area contributed by atoms with Crippen LogP contribution in [0.2, 0.25) is 0 Å². The highest BCUT2D eigenvalue weighted by atomic mass is 79.9. The van der Waals surface area contributed by atoms with Crippen molar-refractivity contribution in [3.63, 3.8) is 0 Å². The van der Waals surface area contributed by atoms with Crippen molar-refractivity contribution >= 4 is 31.9 Å². The molecule has 1 heterocycles. The summed E-state index contributed by atoms with van der Waals surface area (Å²) >= 11 is 6.67. The van der Waals surface area contributed by atoms with Crippen molar-refractivity contribution in [2.45, 2.75) is 6.61 Å². The standard InChI is InChI=1S/C11H8Br2N2O/c12-9-3-1-2-8(4-9)7-16-11-14-5-10(13)6-15-11/h1-6H,7H2. The molecule has 0 amide bonds. The van der Waals surface area contributed by atoms with Crippen LogP contribution in [0.5, 0.6) is 6.01 Å². The lowest BCUT2D eigenvalue weighted by Gasteiger charge is -2.04. The molecule has 0 saturated carbocycles. The van der Waals surface area contributed by atoms with Crippen molar-refractivity contribution in [2.75, 3.05) is 0 Å². The van der Waals surface area contributed by atoms with Gasteiger partial charge >= 0.3 is 6.01 Å². The van der Waals surface area contributed by atoms with Crippen LogP contribution in [-0.4, -0.2) is 9.97 Å². The van der Waals surface area contributed by atoms with Crippen LogP contribution >= 0.6 is 31.9 Å². The smallest absolute Gasteiger partial charge is 0.316 e. The Kier molecular flexibility index (Phi) is 3.90. The second-order valence-corrected chi connectivity index (χ2v) is 4.93. The van der Waals surface area contributed by atoms with Gasteiger partial charge in [0.15, 0.2) is 0 Å². The fourth-order valence-electron chi connectivity index (χ4n) is 1.15. The van der Waals surface area contributed by atoms with Crippen molar-refractivity contribution < 1.29 is 4.74 Å². The molecule has 0 radical (unpaired) electrons. The van der Waals surface area contributed by atoms with E-state index < -0.39 is 0 Å². The average Bonchev–Trinajstić information content (AvgIpc) is 2.28. The average molecular weight is 344 g/mol. The minimum atomic E-state index is 0.378. The Hall–Kier alpha value is -0.940. The highest BCUT2D eigenvalue weighted by Crippen LogP contribution is 2.14. The molecule has 16 heavy (non-hydrogen) atoms. The zero-order valence-corrected chi connectivity index (χ0v) is 11.4. The first-order chi connectivity index (χ1) is 7.74. The first-order valence-corrected chi connectivity index (χ1v) is 6.17. The summed E-state index contributed by atoms with van der Waals surface area (Å²) in [5.41, 5.74) is 1.07. The highest BCUT2D eigenvalue weighted by molar-refractivity contribution is 9.10. The zero-order chi connectivity index (χ0) is 11.4. The highest BCUT2D eigenvalue weighted by Gasteiger charge is 1.99. The van der Waals surface area contributed by atoms with Gasteiger partial charge in [-0.15, -0.1) is 0 Å². The largest absolute Gasteiger partial charge is 0.459 e. The molecule has 2 aromatic rings. The number of ether oxygens (including phenoxy) is 1. The summed E-state index contributed by atoms with van der Waals surface area (Å²) in [6, 6.07) is 8.30. The molecule has 2 rings (SSSR count). The van der Waals surface area contributed by atoms with Crippen molar-refractivity contribution in [3.05, 3.63) is 51.2 Å². The summed E-state index contributed by atoms with van der Waals surface area (Å²) in [6.07, 6.45) is 3.31. The SMILES string of the molecule is Brc1cnc(OCc2cccc(Br)c2)nc1. The molecule has 0 N–H and O–H groups in total. The molecule has 0 atom stereocenters.